The van der Waals surface area contributed by atoms with E-state index in [1.54, 1.807) is 0 Å². The topological polar surface area (TPSA) is 35.5 Å². The van der Waals surface area contributed by atoms with Gasteiger partial charge >= 0.3 is 0 Å². The molecule has 4 rings (SSSR count). The fourth-order valence-corrected chi connectivity index (χ4v) is 7.97. The Labute approximate surface area is 171 Å². The quantitative estimate of drug-likeness (QED) is 0.342. The van der Waals surface area contributed by atoms with Crippen molar-refractivity contribution in [2.45, 2.75) is 97.9 Å². The molecular formula is C25H40O3. The number of aldehydes is 1. The van der Waals surface area contributed by atoms with Gasteiger partial charge in [0.2, 0.25) is 0 Å². The van der Waals surface area contributed by atoms with Crippen LogP contribution in [-0.2, 0) is 14.3 Å². The van der Waals surface area contributed by atoms with Crippen molar-refractivity contribution >= 4 is 6.29 Å². The van der Waals surface area contributed by atoms with Gasteiger partial charge in [0.05, 0.1) is 6.10 Å². The molecule has 0 bridgehead atoms. The van der Waals surface area contributed by atoms with E-state index in [0.717, 1.165) is 50.2 Å². The SMILES string of the molecule is C=C1C(C=O)[C@]2(C)CC[C@H]3C(C)(C)CCC[C@]3(C)[C@H]2C[C@H]1OC1CCCCO1. The molecule has 2 unspecified atom stereocenters. The van der Waals surface area contributed by atoms with Crippen LogP contribution in [-0.4, -0.2) is 25.3 Å². The van der Waals surface area contributed by atoms with Gasteiger partial charge in [-0.1, -0.05) is 40.7 Å². The molecule has 1 saturated heterocycles. The molecule has 1 heterocycles. The maximum absolute atomic E-state index is 12.3. The third-order valence-corrected chi connectivity index (χ3v) is 9.40. The standard InChI is InChI=1S/C25H40O3/c1-17-18(16-26)24(4)13-10-20-23(2,3)11-8-12-25(20,5)21(24)15-19(17)28-22-9-6-7-14-27-22/h16,18-22H,1,6-15H2,2-5H3/t18?,19-,20+,21+,22?,24+,25+/m1/s1. The van der Waals surface area contributed by atoms with Gasteiger partial charge in [-0.25, -0.2) is 0 Å². The van der Waals surface area contributed by atoms with Crippen LogP contribution >= 0.6 is 0 Å². The average Bonchev–Trinajstić information content (AvgIpc) is 2.63. The van der Waals surface area contributed by atoms with Gasteiger partial charge in [-0.2, -0.15) is 0 Å². The highest BCUT2D eigenvalue weighted by Crippen LogP contribution is 2.68. The minimum atomic E-state index is -0.123. The zero-order valence-electron chi connectivity index (χ0n) is 18.5. The van der Waals surface area contributed by atoms with E-state index < -0.39 is 0 Å². The van der Waals surface area contributed by atoms with Crippen LogP contribution in [0, 0.1) is 34.0 Å². The summed E-state index contributed by atoms with van der Waals surface area (Å²) in [5, 5.41) is 0. The summed E-state index contributed by atoms with van der Waals surface area (Å²) < 4.78 is 12.3. The fourth-order valence-electron chi connectivity index (χ4n) is 7.97. The maximum Gasteiger partial charge on any atom is 0.158 e. The lowest BCUT2D eigenvalue weighted by atomic mass is 9.39. The molecule has 0 radical (unpaired) electrons. The van der Waals surface area contributed by atoms with Crippen LogP contribution in [0.4, 0.5) is 0 Å². The number of hydrogen-bond acceptors (Lipinski definition) is 3. The van der Waals surface area contributed by atoms with E-state index in [1.807, 2.05) is 0 Å². The Morgan fingerprint density at radius 2 is 1.79 bits per heavy atom. The summed E-state index contributed by atoms with van der Waals surface area (Å²) in [6.07, 6.45) is 11.6. The van der Waals surface area contributed by atoms with Crippen LogP contribution in [0.25, 0.3) is 0 Å². The lowest BCUT2D eigenvalue weighted by Gasteiger charge is -2.66. The van der Waals surface area contributed by atoms with E-state index >= 15 is 0 Å². The molecule has 4 fully saturated rings. The van der Waals surface area contributed by atoms with E-state index in [2.05, 4.69) is 34.3 Å². The molecule has 3 heteroatoms. The lowest BCUT2D eigenvalue weighted by Crippen LogP contribution is -2.60. The number of fused-ring (bicyclic) bond motifs is 3. The van der Waals surface area contributed by atoms with Crippen molar-refractivity contribution in [1.82, 2.24) is 0 Å². The number of carbonyl (C=O) groups is 1. The average molecular weight is 389 g/mol. The van der Waals surface area contributed by atoms with Crippen LogP contribution in [0.5, 0.6) is 0 Å². The first kappa shape index (κ1) is 20.6. The first-order valence-electron chi connectivity index (χ1n) is 11.6. The Kier molecular flexibility index (Phi) is 5.32. The molecule has 3 saturated carbocycles. The van der Waals surface area contributed by atoms with Crippen LogP contribution < -0.4 is 0 Å². The van der Waals surface area contributed by atoms with Gasteiger partial charge in [-0.05, 0) is 85.0 Å². The molecule has 158 valence electrons. The molecule has 3 aliphatic carbocycles. The Morgan fingerprint density at radius 1 is 1.00 bits per heavy atom. The van der Waals surface area contributed by atoms with Crippen molar-refractivity contribution in [3.05, 3.63) is 12.2 Å². The summed E-state index contributed by atoms with van der Waals surface area (Å²) in [4.78, 5) is 12.3. The van der Waals surface area contributed by atoms with Crippen LogP contribution in [0.1, 0.15) is 85.5 Å². The zero-order valence-corrected chi connectivity index (χ0v) is 18.5. The van der Waals surface area contributed by atoms with Gasteiger partial charge in [-0.3, -0.25) is 0 Å². The van der Waals surface area contributed by atoms with Crippen molar-refractivity contribution in [2.24, 2.45) is 34.0 Å². The van der Waals surface area contributed by atoms with E-state index in [4.69, 9.17) is 9.47 Å². The molecular weight excluding hydrogens is 348 g/mol. The second-order valence-electron chi connectivity index (χ2n) is 11.3. The first-order chi connectivity index (χ1) is 13.2. The van der Waals surface area contributed by atoms with Gasteiger partial charge in [0.15, 0.2) is 6.29 Å². The van der Waals surface area contributed by atoms with Gasteiger partial charge in [0.25, 0.3) is 0 Å². The van der Waals surface area contributed by atoms with Gasteiger partial charge < -0.3 is 14.3 Å². The first-order valence-corrected chi connectivity index (χ1v) is 11.6. The molecule has 28 heavy (non-hydrogen) atoms. The molecule has 7 atom stereocenters. The summed E-state index contributed by atoms with van der Waals surface area (Å²) in [5.74, 6) is 1.15. The third-order valence-electron chi connectivity index (χ3n) is 9.40. The highest BCUT2D eigenvalue weighted by molar-refractivity contribution is 5.62. The Hall–Kier alpha value is -0.670. The van der Waals surface area contributed by atoms with E-state index in [-0.39, 0.29) is 29.1 Å². The molecule has 0 amide bonds. The predicted octanol–water partition coefficient (Wildman–Crippen LogP) is 5.92. The van der Waals surface area contributed by atoms with Crippen molar-refractivity contribution in [3.63, 3.8) is 0 Å². The minimum absolute atomic E-state index is 0.0186. The van der Waals surface area contributed by atoms with Crippen LogP contribution in [0.3, 0.4) is 0 Å². The van der Waals surface area contributed by atoms with Crippen molar-refractivity contribution < 1.29 is 14.3 Å². The Bertz CT molecular complexity index is 619. The van der Waals surface area contributed by atoms with E-state index in [1.165, 1.54) is 32.0 Å². The summed E-state index contributed by atoms with van der Waals surface area (Å²) in [7, 11) is 0. The molecule has 0 aromatic rings. The highest BCUT2D eigenvalue weighted by atomic mass is 16.7. The van der Waals surface area contributed by atoms with Gasteiger partial charge in [-0.15, -0.1) is 0 Å². The third kappa shape index (κ3) is 3.12. The molecule has 4 aliphatic rings. The van der Waals surface area contributed by atoms with E-state index in [0.29, 0.717) is 11.3 Å². The normalized spacial score (nSPS) is 48.4. The van der Waals surface area contributed by atoms with Crippen molar-refractivity contribution in [3.8, 4) is 0 Å². The summed E-state index contributed by atoms with van der Waals surface area (Å²) in [6.45, 7) is 15.0. The summed E-state index contributed by atoms with van der Waals surface area (Å²) in [6, 6.07) is 0. The lowest BCUT2D eigenvalue weighted by molar-refractivity contribution is -0.215. The van der Waals surface area contributed by atoms with Gasteiger partial charge in [0, 0.05) is 12.5 Å². The summed E-state index contributed by atoms with van der Waals surface area (Å²) in [5.41, 5.74) is 1.69. The number of hydrogen-bond donors (Lipinski definition) is 0. The zero-order chi connectivity index (χ0) is 20.2. The second kappa shape index (κ2) is 7.23. The van der Waals surface area contributed by atoms with Gasteiger partial charge in [0.1, 0.15) is 6.29 Å². The minimum Gasteiger partial charge on any atom is -0.353 e. The molecule has 3 nitrogen and oxygen atoms in total. The monoisotopic (exact) mass is 388 g/mol. The van der Waals surface area contributed by atoms with Crippen LogP contribution in [0.2, 0.25) is 0 Å². The molecule has 0 spiro atoms. The van der Waals surface area contributed by atoms with Crippen molar-refractivity contribution in [2.75, 3.05) is 6.61 Å². The Balaban J connectivity index is 1.65. The fraction of sp³-hybridized carbons (Fsp3) is 0.880. The molecule has 0 aromatic heterocycles. The molecule has 0 aromatic carbocycles. The smallest absolute Gasteiger partial charge is 0.158 e. The highest BCUT2D eigenvalue weighted by Gasteiger charge is 2.62. The van der Waals surface area contributed by atoms with Crippen LogP contribution in [0.15, 0.2) is 12.2 Å². The second-order valence-corrected chi connectivity index (χ2v) is 11.3. The summed E-state index contributed by atoms with van der Waals surface area (Å²) >= 11 is 0. The number of carbonyl (C=O) groups excluding carboxylic acids is 1. The maximum atomic E-state index is 12.3. The van der Waals surface area contributed by atoms with Crippen molar-refractivity contribution in [1.29, 1.82) is 0 Å². The van der Waals surface area contributed by atoms with E-state index in [9.17, 15) is 4.79 Å². The molecule has 0 N–H and O–H groups in total. The largest absolute Gasteiger partial charge is 0.353 e. The number of ether oxygens (including phenoxy) is 2. The molecule has 1 aliphatic heterocycles. The number of rotatable bonds is 3. The predicted molar refractivity (Wildman–Crippen MR) is 112 cm³/mol. The Morgan fingerprint density at radius 3 is 2.46 bits per heavy atom.